The lowest BCUT2D eigenvalue weighted by molar-refractivity contribution is 0.156. The Labute approximate surface area is 289 Å². The van der Waals surface area contributed by atoms with Crippen LogP contribution in [0.25, 0.3) is 5.65 Å². The molecular weight excluding hydrogens is 618 g/mol. The zero-order valence-corrected chi connectivity index (χ0v) is 29.2. The minimum atomic E-state index is -0.267. The number of urea groups is 1. The van der Waals surface area contributed by atoms with E-state index in [9.17, 15) is 15.0 Å². The molecule has 262 valence electrons. The molecule has 0 bridgehead atoms. The van der Waals surface area contributed by atoms with E-state index in [4.69, 9.17) is 4.74 Å². The van der Waals surface area contributed by atoms with E-state index in [1.54, 1.807) is 0 Å². The number of carbonyl (C=O) groups excluding carboxylic acids is 1. The molecule has 1 saturated heterocycles. The number of amides is 2. The fourth-order valence-electron chi connectivity index (χ4n) is 7.13. The largest absolute Gasteiger partial charge is 0.484 e. The average molecular weight is 670 g/mol. The molecule has 1 fully saturated rings. The monoisotopic (exact) mass is 669 g/mol. The van der Waals surface area contributed by atoms with E-state index < -0.39 is 0 Å². The molecule has 4 aromatic rings. The Kier molecular flexibility index (Phi) is 10.7. The maximum atomic E-state index is 13.5. The van der Waals surface area contributed by atoms with Crippen LogP contribution in [0.1, 0.15) is 94.2 Å². The fraction of sp³-hybridized carbons (Fsp3) is 0.500. The summed E-state index contributed by atoms with van der Waals surface area (Å²) in [6.45, 7) is 11.2. The first kappa shape index (κ1) is 34.7. The molecule has 2 amide bonds. The number of benzene rings is 2. The van der Waals surface area contributed by atoms with E-state index in [2.05, 4.69) is 71.6 Å². The SMILES string of the molecule is C[C@H]1CCCCN1c1nnc2ccc(O[C@@H]3CC[C@H](NC(=O)Nc4cc(CN(CCO)CCO)cc(C(C)(C)C)c4)c4ccccc43)cn12. The molecule has 0 unspecified atom stereocenters. The maximum absolute atomic E-state index is 13.5. The quantitative estimate of drug-likeness (QED) is 0.154. The molecule has 4 N–H and O–H groups in total. The Morgan fingerprint density at radius 3 is 2.49 bits per heavy atom. The first-order valence-corrected chi connectivity index (χ1v) is 17.7. The van der Waals surface area contributed by atoms with Crippen molar-refractivity contribution in [2.24, 2.45) is 0 Å². The second kappa shape index (κ2) is 15.1. The van der Waals surface area contributed by atoms with Crippen LogP contribution >= 0.6 is 0 Å². The van der Waals surface area contributed by atoms with E-state index in [1.165, 1.54) is 6.42 Å². The Bertz CT molecular complexity index is 1730. The van der Waals surface area contributed by atoms with E-state index in [-0.39, 0.29) is 36.8 Å². The van der Waals surface area contributed by atoms with Gasteiger partial charge in [0.2, 0.25) is 5.95 Å². The summed E-state index contributed by atoms with van der Waals surface area (Å²) in [5.74, 6) is 1.62. The van der Waals surface area contributed by atoms with Gasteiger partial charge in [0, 0.05) is 37.9 Å². The second-order valence-corrected chi connectivity index (χ2v) is 14.5. The first-order valence-electron chi connectivity index (χ1n) is 17.7. The normalized spacial score (nSPS) is 19.6. The van der Waals surface area contributed by atoms with Gasteiger partial charge in [-0.1, -0.05) is 51.1 Å². The minimum absolute atomic E-state index is 0.0115. The van der Waals surface area contributed by atoms with Gasteiger partial charge in [-0.05, 0) is 91.0 Å². The van der Waals surface area contributed by atoms with Crippen LogP contribution in [0.15, 0.2) is 60.8 Å². The van der Waals surface area contributed by atoms with Gasteiger partial charge in [-0.25, -0.2) is 4.79 Å². The number of piperidine rings is 1. The van der Waals surface area contributed by atoms with Gasteiger partial charge < -0.3 is 30.5 Å². The molecule has 2 aliphatic rings. The standard InChI is InChI=1S/C38H51N7O4/c1-26-9-7-8-16-44(26)37-42-41-35-15-12-30(25-45(35)37)49-34-14-13-33(31-10-5-6-11-32(31)34)40-36(48)39-29-22-27(21-28(23-29)38(2,3)4)24-43(17-19-46)18-20-47/h5-6,10-12,15,21-23,25-26,33-34,46-47H,7-9,13-14,16-20,24H2,1-4H3,(H2,39,40,48)/t26-,33-,34+/m0/s1. The number of nitrogens with zero attached hydrogens (tertiary/aromatic N) is 5. The lowest BCUT2D eigenvalue weighted by Gasteiger charge is -2.33. The van der Waals surface area contributed by atoms with Gasteiger partial charge >= 0.3 is 6.03 Å². The number of aromatic nitrogens is 3. The molecular formula is C38H51N7O4. The number of carbonyl (C=O) groups is 1. The highest BCUT2D eigenvalue weighted by Crippen LogP contribution is 2.39. The third kappa shape index (κ3) is 8.17. The molecule has 11 heteroatoms. The van der Waals surface area contributed by atoms with Crippen LogP contribution in [0, 0.1) is 0 Å². The first-order chi connectivity index (χ1) is 23.6. The molecule has 11 nitrogen and oxygen atoms in total. The van der Waals surface area contributed by atoms with E-state index in [0.29, 0.717) is 31.4 Å². The Hall–Kier alpha value is -4.19. The third-order valence-electron chi connectivity index (χ3n) is 9.79. The predicted octanol–water partition coefficient (Wildman–Crippen LogP) is 5.97. The summed E-state index contributed by atoms with van der Waals surface area (Å²) >= 11 is 0. The lowest BCUT2D eigenvalue weighted by atomic mass is 9.85. The van der Waals surface area contributed by atoms with Crippen LogP contribution in [-0.4, -0.2) is 74.6 Å². The molecule has 3 heterocycles. The number of hydrogen-bond donors (Lipinski definition) is 4. The highest BCUT2D eigenvalue weighted by atomic mass is 16.5. The van der Waals surface area contributed by atoms with Crippen molar-refractivity contribution in [1.29, 1.82) is 0 Å². The number of fused-ring (bicyclic) bond motifs is 2. The van der Waals surface area contributed by atoms with Crippen LogP contribution in [-0.2, 0) is 12.0 Å². The maximum Gasteiger partial charge on any atom is 0.319 e. The lowest BCUT2D eigenvalue weighted by Crippen LogP contribution is -2.38. The summed E-state index contributed by atoms with van der Waals surface area (Å²) in [4.78, 5) is 17.8. The van der Waals surface area contributed by atoms with Crippen molar-refractivity contribution < 1.29 is 19.7 Å². The van der Waals surface area contributed by atoms with Gasteiger partial charge in [0.1, 0.15) is 11.9 Å². The van der Waals surface area contributed by atoms with E-state index >= 15 is 0 Å². The van der Waals surface area contributed by atoms with Gasteiger partial charge in [0.25, 0.3) is 0 Å². The van der Waals surface area contributed by atoms with Gasteiger partial charge in [-0.2, -0.15) is 0 Å². The number of aliphatic hydroxyl groups excluding tert-OH is 2. The minimum Gasteiger partial charge on any atom is -0.484 e. The summed E-state index contributed by atoms with van der Waals surface area (Å²) in [5, 5.41) is 34.3. The van der Waals surface area contributed by atoms with Crippen LogP contribution in [0.4, 0.5) is 16.4 Å². The number of nitrogens with one attached hydrogen (secondary N) is 2. The van der Waals surface area contributed by atoms with Crippen LogP contribution < -0.4 is 20.3 Å². The van der Waals surface area contributed by atoms with Crippen molar-refractivity contribution in [3.8, 4) is 5.75 Å². The van der Waals surface area contributed by atoms with Crippen molar-refractivity contribution >= 4 is 23.3 Å². The van der Waals surface area contributed by atoms with Crippen molar-refractivity contribution in [1.82, 2.24) is 24.8 Å². The zero-order valence-electron chi connectivity index (χ0n) is 29.2. The molecule has 0 saturated carbocycles. The van der Waals surface area contributed by atoms with Crippen molar-refractivity contribution in [3.63, 3.8) is 0 Å². The molecule has 0 spiro atoms. The molecule has 2 aromatic carbocycles. The second-order valence-electron chi connectivity index (χ2n) is 14.5. The molecule has 1 aliphatic heterocycles. The highest BCUT2D eigenvalue weighted by Gasteiger charge is 2.30. The Balaban J connectivity index is 1.16. The Morgan fingerprint density at radius 1 is 0.980 bits per heavy atom. The summed E-state index contributed by atoms with van der Waals surface area (Å²) in [6, 6.07) is 18.2. The summed E-state index contributed by atoms with van der Waals surface area (Å²) in [5.41, 5.74) is 5.60. The molecule has 6 rings (SSSR count). The summed E-state index contributed by atoms with van der Waals surface area (Å²) in [6.07, 6.45) is 6.86. The molecule has 49 heavy (non-hydrogen) atoms. The van der Waals surface area contributed by atoms with Gasteiger partial charge in [-0.3, -0.25) is 9.30 Å². The number of rotatable bonds is 11. The molecule has 3 atom stereocenters. The van der Waals surface area contributed by atoms with Crippen LogP contribution in [0.5, 0.6) is 5.75 Å². The highest BCUT2D eigenvalue weighted by molar-refractivity contribution is 5.89. The van der Waals surface area contributed by atoms with Gasteiger partial charge in [0.15, 0.2) is 5.65 Å². The number of pyridine rings is 1. The Morgan fingerprint density at radius 2 is 1.76 bits per heavy atom. The summed E-state index contributed by atoms with van der Waals surface area (Å²) in [7, 11) is 0. The van der Waals surface area contributed by atoms with Crippen molar-refractivity contribution in [2.45, 2.75) is 89.9 Å². The summed E-state index contributed by atoms with van der Waals surface area (Å²) < 4.78 is 8.68. The third-order valence-corrected chi connectivity index (χ3v) is 9.79. The van der Waals surface area contributed by atoms with Crippen LogP contribution in [0.2, 0.25) is 0 Å². The smallest absolute Gasteiger partial charge is 0.319 e. The van der Waals surface area contributed by atoms with Crippen LogP contribution in [0.3, 0.4) is 0 Å². The van der Waals surface area contributed by atoms with E-state index in [1.807, 2.05) is 51.9 Å². The molecule has 0 radical (unpaired) electrons. The number of aliphatic hydroxyl groups is 2. The average Bonchev–Trinajstić information content (AvgIpc) is 3.49. The number of ether oxygens (including phenoxy) is 1. The van der Waals surface area contributed by atoms with Crippen molar-refractivity contribution in [3.05, 3.63) is 83.0 Å². The number of hydrogen-bond acceptors (Lipinski definition) is 8. The van der Waals surface area contributed by atoms with Crippen molar-refractivity contribution in [2.75, 3.05) is 43.1 Å². The van der Waals surface area contributed by atoms with Gasteiger partial charge in [0.05, 0.1) is 25.5 Å². The van der Waals surface area contributed by atoms with Gasteiger partial charge in [-0.15, -0.1) is 10.2 Å². The predicted molar refractivity (Wildman–Crippen MR) is 192 cm³/mol. The molecule has 2 aromatic heterocycles. The topological polar surface area (TPSA) is 127 Å². The molecule has 1 aliphatic carbocycles. The fourth-order valence-corrected chi connectivity index (χ4v) is 7.13. The number of anilines is 2. The van der Waals surface area contributed by atoms with E-state index in [0.717, 1.165) is 71.8 Å². The zero-order chi connectivity index (χ0) is 34.5.